The van der Waals surface area contributed by atoms with E-state index in [1.165, 1.54) is 0 Å². The van der Waals surface area contributed by atoms with Gasteiger partial charge < -0.3 is 18.9 Å². The Morgan fingerprint density at radius 2 is 2.08 bits per heavy atom. The average Bonchev–Trinajstić information content (AvgIpc) is 2.87. The topological polar surface area (TPSA) is 57.2 Å². The Labute approximate surface area is 149 Å². The van der Waals surface area contributed by atoms with E-state index >= 15 is 0 Å². The highest BCUT2D eigenvalue weighted by atomic mass is 16.7. The third-order valence-corrected chi connectivity index (χ3v) is 4.28. The first-order chi connectivity index (χ1) is 12.1. The van der Waals surface area contributed by atoms with E-state index < -0.39 is 0 Å². The fraction of sp³-hybridized carbons (Fsp3) is 0.526. The van der Waals surface area contributed by atoms with Crippen LogP contribution in [0, 0.1) is 0 Å². The van der Waals surface area contributed by atoms with Crippen LogP contribution in [0.4, 0.5) is 4.79 Å². The molecule has 1 saturated heterocycles. The molecule has 1 aliphatic rings. The Balaban J connectivity index is 2.15. The van der Waals surface area contributed by atoms with Gasteiger partial charge in [0.25, 0.3) is 0 Å². The van der Waals surface area contributed by atoms with Crippen molar-refractivity contribution in [2.24, 2.45) is 0 Å². The van der Waals surface area contributed by atoms with Crippen LogP contribution in [-0.4, -0.2) is 50.3 Å². The van der Waals surface area contributed by atoms with Crippen molar-refractivity contribution in [1.82, 2.24) is 4.90 Å². The summed E-state index contributed by atoms with van der Waals surface area (Å²) in [6.45, 7) is 4.49. The number of allylic oxidation sites excluding steroid dienone is 1. The first kappa shape index (κ1) is 19.3. The summed E-state index contributed by atoms with van der Waals surface area (Å²) in [5.74, 6) is 0.759. The van der Waals surface area contributed by atoms with Crippen molar-refractivity contribution in [3.63, 3.8) is 0 Å². The van der Waals surface area contributed by atoms with Crippen LogP contribution in [0.3, 0.4) is 0 Å². The van der Waals surface area contributed by atoms with Crippen LogP contribution in [0.15, 0.2) is 36.4 Å². The molecule has 1 aliphatic heterocycles. The number of rotatable bonds is 9. The van der Waals surface area contributed by atoms with Gasteiger partial charge in [-0.1, -0.05) is 30.4 Å². The molecule has 0 spiro atoms. The van der Waals surface area contributed by atoms with Crippen LogP contribution in [0.5, 0.6) is 5.75 Å². The van der Waals surface area contributed by atoms with Crippen molar-refractivity contribution in [3.8, 4) is 5.75 Å². The summed E-state index contributed by atoms with van der Waals surface area (Å²) in [5.41, 5.74) is 0.946. The van der Waals surface area contributed by atoms with Crippen molar-refractivity contribution < 1.29 is 23.7 Å². The predicted octanol–water partition coefficient (Wildman–Crippen LogP) is 3.36. The van der Waals surface area contributed by atoms with Gasteiger partial charge in [-0.2, -0.15) is 0 Å². The average molecular weight is 349 g/mol. The fourth-order valence-electron chi connectivity index (χ4n) is 3.02. The predicted molar refractivity (Wildman–Crippen MR) is 94.4 cm³/mol. The number of amides is 1. The van der Waals surface area contributed by atoms with Crippen molar-refractivity contribution in [2.45, 2.75) is 45.1 Å². The van der Waals surface area contributed by atoms with Gasteiger partial charge in [-0.25, -0.2) is 4.79 Å². The van der Waals surface area contributed by atoms with E-state index in [2.05, 4.69) is 0 Å². The van der Waals surface area contributed by atoms with Crippen molar-refractivity contribution >= 4 is 6.09 Å². The molecule has 1 amide bonds. The van der Waals surface area contributed by atoms with Gasteiger partial charge in [-0.3, -0.25) is 4.90 Å². The van der Waals surface area contributed by atoms with Gasteiger partial charge in [0, 0.05) is 19.1 Å². The number of ether oxygens (including phenoxy) is 4. The van der Waals surface area contributed by atoms with E-state index in [1.54, 1.807) is 19.1 Å². The number of benzene rings is 1. The maximum absolute atomic E-state index is 12.3. The molecule has 1 aromatic rings. The van der Waals surface area contributed by atoms with Crippen molar-refractivity contribution in [3.05, 3.63) is 42.0 Å². The number of carbonyl (C=O) groups is 1. The van der Waals surface area contributed by atoms with Gasteiger partial charge in [-0.05, 0) is 19.9 Å². The summed E-state index contributed by atoms with van der Waals surface area (Å²) in [6.07, 6.45) is 3.88. The van der Waals surface area contributed by atoms with Crippen LogP contribution >= 0.6 is 0 Å². The Kier molecular flexibility index (Phi) is 7.28. The number of carbonyl (C=O) groups excluding carboxylic acids is 1. The minimum Gasteiger partial charge on any atom is -0.496 e. The van der Waals surface area contributed by atoms with E-state index in [-0.39, 0.29) is 31.1 Å². The number of para-hydroxylation sites is 1. The number of methoxy groups -OCH3 is 2. The van der Waals surface area contributed by atoms with Crippen LogP contribution in [-0.2, 0) is 20.8 Å². The second-order valence-electron chi connectivity index (χ2n) is 5.97. The lowest BCUT2D eigenvalue weighted by molar-refractivity contribution is -0.0634. The highest BCUT2D eigenvalue weighted by molar-refractivity contribution is 5.70. The van der Waals surface area contributed by atoms with Crippen LogP contribution in [0.25, 0.3) is 0 Å². The number of nitrogens with zero attached hydrogens (tertiary/aromatic N) is 1. The van der Waals surface area contributed by atoms with Crippen LogP contribution in [0.2, 0.25) is 0 Å². The highest BCUT2D eigenvalue weighted by Crippen LogP contribution is 2.29. The monoisotopic (exact) mass is 349 g/mol. The molecule has 0 unspecified atom stereocenters. The van der Waals surface area contributed by atoms with Gasteiger partial charge in [0.15, 0.2) is 0 Å². The summed E-state index contributed by atoms with van der Waals surface area (Å²) in [6, 6.07) is 7.60. The summed E-state index contributed by atoms with van der Waals surface area (Å²) in [5, 5.41) is 0. The van der Waals surface area contributed by atoms with Crippen LogP contribution in [0.1, 0.15) is 25.8 Å². The fourth-order valence-corrected chi connectivity index (χ4v) is 3.02. The van der Waals surface area contributed by atoms with Gasteiger partial charge in [0.2, 0.25) is 0 Å². The SMILES string of the molecule is C/C=C/[C@@H](C[C@@H]1[C@@H](C)OC(=O)N1Cc1ccccc1OC)OCOC. The molecule has 6 heteroatoms. The number of cyclic esters (lactones) is 1. The van der Waals surface area contributed by atoms with E-state index in [0.29, 0.717) is 13.0 Å². The molecule has 138 valence electrons. The van der Waals surface area contributed by atoms with Crippen molar-refractivity contribution in [1.29, 1.82) is 0 Å². The first-order valence-electron chi connectivity index (χ1n) is 8.43. The molecular formula is C19H27NO5. The molecule has 0 aromatic heterocycles. The van der Waals surface area contributed by atoms with E-state index in [1.807, 2.05) is 50.3 Å². The van der Waals surface area contributed by atoms with E-state index in [0.717, 1.165) is 11.3 Å². The molecule has 2 rings (SSSR count). The molecule has 1 aromatic carbocycles. The second kappa shape index (κ2) is 9.44. The largest absolute Gasteiger partial charge is 0.496 e. The lowest BCUT2D eigenvalue weighted by Gasteiger charge is -2.27. The molecule has 0 radical (unpaired) electrons. The lowest BCUT2D eigenvalue weighted by atomic mass is 10.0. The highest BCUT2D eigenvalue weighted by Gasteiger charge is 2.40. The second-order valence-corrected chi connectivity index (χ2v) is 5.97. The molecule has 0 aliphatic carbocycles. The minimum atomic E-state index is -0.311. The van der Waals surface area contributed by atoms with E-state index in [4.69, 9.17) is 18.9 Å². The summed E-state index contributed by atoms with van der Waals surface area (Å²) < 4.78 is 21.5. The van der Waals surface area contributed by atoms with Gasteiger partial charge >= 0.3 is 6.09 Å². The first-order valence-corrected chi connectivity index (χ1v) is 8.43. The molecule has 0 saturated carbocycles. The summed E-state index contributed by atoms with van der Waals surface area (Å²) in [4.78, 5) is 14.1. The molecule has 25 heavy (non-hydrogen) atoms. The lowest BCUT2D eigenvalue weighted by Crippen LogP contribution is -2.38. The molecular weight excluding hydrogens is 322 g/mol. The maximum Gasteiger partial charge on any atom is 0.410 e. The zero-order valence-electron chi connectivity index (χ0n) is 15.3. The maximum atomic E-state index is 12.3. The number of hydrogen-bond acceptors (Lipinski definition) is 5. The number of hydrogen-bond donors (Lipinski definition) is 0. The normalized spacial score (nSPS) is 21.6. The Morgan fingerprint density at radius 1 is 1.32 bits per heavy atom. The molecule has 1 fully saturated rings. The third-order valence-electron chi connectivity index (χ3n) is 4.28. The summed E-state index contributed by atoms with van der Waals surface area (Å²) >= 11 is 0. The quantitative estimate of drug-likeness (QED) is 0.505. The third kappa shape index (κ3) is 4.96. The van der Waals surface area contributed by atoms with Gasteiger partial charge in [0.05, 0.1) is 25.8 Å². The van der Waals surface area contributed by atoms with Gasteiger partial charge in [-0.15, -0.1) is 0 Å². The molecule has 6 nitrogen and oxygen atoms in total. The Hall–Kier alpha value is -2.05. The smallest absolute Gasteiger partial charge is 0.410 e. The zero-order chi connectivity index (χ0) is 18.2. The molecule has 3 atom stereocenters. The zero-order valence-corrected chi connectivity index (χ0v) is 15.3. The van der Waals surface area contributed by atoms with Crippen molar-refractivity contribution in [2.75, 3.05) is 21.0 Å². The van der Waals surface area contributed by atoms with Crippen LogP contribution < -0.4 is 4.74 Å². The molecule has 0 N–H and O–H groups in total. The standard InChI is InChI=1S/C19H27NO5/c1-5-8-16(24-13-22-3)11-17-14(2)25-19(21)20(17)12-15-9-6-7-10-18(15)23-4/h5-10,14,16-17H,11-13H2,1-4H3/b8-5+/t14-,16+,17-/m1/s1. The minimum absolute atomic E-state index is 0.0875. The molecule has 0 bridgehead atoms. The Bertz CT molecular complexity index is 589. The molecule has 1 heterocycles. The van der Waals surface area contributed by atoms with E-state index in [9.17, 15) is 4.79 Å². The Morgan fingerprint density at radius 3 is 2.76 bits per heavy atom. The van der Waals surface area contributed by atoms with Gasteiger partial charge in [0.1, 0.15) is 18.6 Å². The summed E-state index contributed by atoms with van der Waals surface area (Å²) in [7, 11) is 3.22.